The first-order valence-corrected chi connectivity index (χ1v) is 11.4. The van der Waals surface area contributed by atoms with Crippen LogP contribution in [0.2, 0.25) is 0 Å². The Bertz CT molecular complexity index is 700. The molecule has 7 atom stereocenters. The standard InChI is InChI=1S/C23H35N3O/c1-22-11-4-3-5-16(22)6-7-17-18-8-9-20(23(18,2)12-10-19(17)22)21(27)13-26-15-24-14-25-26/h14-20H,3-13H2,1-2H3/t16-,17-,18-,19-,20+,22-,23-/m0/s1. The van der Waals surface area contributed by atoms with Crippen LogP contribution in [0.4, 0.5) is 0 Å². The summed E-state index contributed by atoms with van der Waals surface area (Å²) in [5, 5.41) is 4.16. The third-order valence-electron chi connectivity index (χ3n) is 9.76. The van der Waals surface area contributed by atoms with Crippen LogP contribution >= 0.6 is 0 Å². The van der Waals surface area contributed by atoms with Gasteiger partial charge in [0.25, 0.3) is 0 Å². The molecule has 4 heteroatoms. The van der Waals surface area contributed by atoms with E-state index >= 15 is 0 Å². The van der Waals surface area contributed by atoms with Crippen LogP contribution in [0.25, 0.3) is 0 Å². The highest BCUT2D eigenvalue weighted by molar-refractivity contribution is 5.82. The Balaban J connectivity index is 1.37. The van der Waals surface area contributed by atoms with Crippen LogP contribution in [0.5, 0.6) is 0 Å². The van der Waals surface area contributed by atoms with Crippen LogP contribution in [-0.4, -0.2) is 20.5 Å². The molecule has 1 heterocycles. The summed E-state index contributed by atoms with van der Waals surface area (Å²) in [5.74, 6) is 4.14. The second-order valence-corrected chi connectivity index (χ2v) is 10.6. The normalized spacial score (nSPS) is 46.4. The molecule has 1 aromatic rings. The molecule has 4 aliphatic carbocycles. The Kier molecular flexibility index (Phi) is 4.25. The quantitative estimate of drug-likeness (QED) is 0.761. The fourth-order valence-corrected chi connectivity index (χ4v) is 8.41. The van der Waals surface area contributed by atoms with Gasteiger partial charge < -0.3 is 0 Å². The van der Waals surface area contributed by atoms with Gasteiger partial charge in [-0.05, 0) is 85.9 Å². The van der Waals surface area contributed by atoms with Gasteiger partial charge in [-0.1, -0.05) is 26.7 Å². The Morgan fingerprint density at radius 2 is 1.85 bits per heavy atom. The van der Waals surface area contributed by atoms with Crippen molar-refractivity contribution in [3.8, 4) is 0 Å². The highest BCUT2D eigenvalue weighted by Gasteiger charge is 2.60. The monoisotopic (exact) mass is 369 g/mol. The molecule has 4 nitrogen and oxygen atoms in total. The number of carbonyl (C=O) groups is 1. The average Bonchev–Trinajstić information content (AvgIpc) is 3.28. The van der Waals surface area contributed by atoms with E-state index in [1.807, 2.05) is 0 Å². The number of nitrogens with zero attached hydrogens (tertiary/aromatic N) is 3. The summed E-state index contributed by atoms with van der Waals surface area (Å²) in [5.41, 5.74) is 0.808. The Labute approximate surface area is 163 Å². The maximum absolute atomic E-state index is 13.1. The van der Waals surface area contributed by atoms with Crippen LogP contribution in [0.15, 0.2) is 12.7 Å². The molecule has 0 bridgehead atoms. The predicted molar refractivity (Wildman–Crippen MR) is 105 cm³/mol. The molecule has 148 valence electrons. The fourth-order valence-electron chi connectivity index (χ4n) is 8.41. The van der Waals surface area contributed by atoms with Gasteiger partial charge in [-0.25, -0.2) is 9.67 Å². The molecular weight excluding hydrogens is 334 g/mol. The first-order valence-electron chi connectivity index (χ1n) is 11.4. The van der Waals surface area contributed by atoms with E-state index in [2.05, 4.69) is 23.9 Å². The Morgan fingerprint density at radius 3 is 2.67 bits per heavy atom. The van der Waals surface area contributed by atoms with Gasteiger partial charge in [0.05, 0.1) is 0 Å². The van der Waals surface area contributed by atoms with Crippen LogP contribution in [0, 0.1) is 40.4 Å². The van der Waals surface area contributed by atoms with Crippen molar-refractivity contribution in [2.45, 2.75) is 84.6 Å². The van der Waals surface area contributed by atoms with Gasteiger partial charge in [0.2, 0.25) is 0 Å². The van der Waals surface area contributed by atoms with E-state index in [0.717, 1.165) is 30.1 Å². The van der Waals surface area contributed by atoms with E-state index in [-0.39, 0.29) is 11.3 Å². The van der Waals surface area contributed by atoms with Gasteiger partial charge >= 0.3 is 0 Å². The first-order chi connectivity index (χ1) is 13.0. The lowest BCUT2D eigenvalue weighted by atomic mass is 9.45. The maximum atomic E-state index is 13.1. The fraction of sp³-hybridized carbons (Fsp3) is 0.870. The molecule has 0 aromatic carbocycles. The largest absolute Gasteiger partial charge is 0.297 e. The van der Waals surface area contributed by atoms with Crippen molar-refractivity contribution in [2.24, 2.45) is 40.4 Å². The van der Waals surface area contributed by atoms with E-state index in [1.54, 1.807) is 11.0 Å². The van der Waals surface area contributed by atoms with E-state index in [9.17, 15) is 4.79 Å². The molecule has 4 aliphatic rings. The molecule has 0 saturated heterocycles. The lowest BCUT2D eigenvalue weighted by molar-refractivity contribution is -0.135. The summed E-state index contributed by atoms with van der Waals surface area (Å²) < 4.78 is 1.71. The highest BCUT2D eigenvalue weighted by Crippen LogP contribution is 2.67. The van der Waals surface area contributed by atoms with E-state index in [1.165, 1.54) is 64.1 Å². The van der Waals surface area contributed by atoms with Crippen molar-refractivity contribution in [3.05, 3.63) is 12.7 Å². The molecule has 27 heavy (non-hydrogen) atoms. The average molecular weight is 370 g/mol. The Morgan fingerprint density at radius 1 is 1.00 bits per heavy atom. The molecule has 0 amide bonds. The molecule has 4 saturated carbocycles. The molecule has 5 rings (SSSR count). The number of hydrogen-bond donors (Lipinski definition) is 0. The number of carbonyl (C=O) groups excluding carboxylic acids is 1. The lowest BCUT2D eigenvalue weighted by Crippen LogP contribution is -2.53. The molecule has 0 aliphatic heterocycles. The van der Waals surface area contributed by atoms with Crippen LogP contribution in [-0.2, 0) is 11.3 Å². The smallest absolute Gasteiger partial charge is 0.157 e. The van der Waals surface area contributed by atoms with E-state index in [4.69, 9.17) is 0 Å². The summed E-state index contributed by atoms with van der Waals surface area (Å²) >= 11 is 0. The minimum atomic E-state index is 0.219. The van der Waals surface area contributed by atoms with Crippen LogP contribution < -0.4 is 0 Å². The summed E-state index contributed by atoms with van der Waals surface area (Å²) in [7, 11) is 0. The zero-order chi connectivity index (χ0) is 18.6. The summed E-state index contributed by atoms with van der Waals surface area (Å²) in [6.45, 7) is 5.50. The molecule has 1 aromatic heterocycles. The number of rotatable bonds is 3. The minimum absolute atomic E-state index is 0.219. The van der Waals surface area contributed by atoms with Gasteiger partial charge in [-0.2, -0.15) is 5.10 Å². The van der Waals surface area contributed by atoms with E-state index in [0.29, 0.717) is 17.7 Å². The Hall–Kier alpha value is -1.19. The predicted octanol–water partition coefficient (Wildman–Crippen LogP) is 4.90. The molecule has 0 radical (unpaired) electrons. The van der Waals surface area contributed by atoms with Crippen molar-refractivity contribution >= 4 is 5.78 Å². The summed E-state index contributed by atoms with van der Waals surface area (Å²) in [6, 6.07) is 0. The van der Waals surface area contributed by atoms with Gasteiger partial charge in [0.1, 0.15) is 19.2 Å². The second-order valence-electron chi connectivity index (χ2n) is 10.6. The van der Waals surface area contributed by atoms with Crippen molar-refractivity contribution < 1.29 is 4.79 Å². The van der Waals surface area contributed by atoms with Crippen LogP contribution in [0.1, 0.15) is 78.1 Å². The maximum Gasteiger partial charge on any atom is 0.157 e. The van der Waals surface area contributed by atoms with Gasteiger partial charge in [0, 0.05) is 5.92 Å². The molecule has 0 unspecified atom stereocenters. The number of Topliss-reactive ketones (excluding diaryl/α,β-unsaturated/α-hetero) is 1. The third-order valence-corrected chi connectivity index (χ3v) is 9.76. The van der Waals surface area contributed by atoms with Crippen LogP contribution in [0.3, 0.4) is 0 Å². The number of hydrogen-bond acceptors (Lipinski definition) is 3. The molecular formula is C23H35N3O. The van der Waals surface area contributed by atoms with Crippen molar-refractivity contribution in [1.82, 2.24) is 14.8 Å². The van der Waals surface area contributed by atoms with E-state index < -0.39 is 0 Å². The topological polar surface area (TPSA) is 47.8 Å². The third kappa shape index (κ3) is 2.65. The molecule has 0 spiro atoms. The summed E-state index contributed by atoms with van der Waals surface area (Å²) in [4.78, 5) is 17.1. The van der Waals surface area contributed by atoms with Crippen molar-refractivity contribution in [1.29, 1.82) is 0 Å². The lowest BCUT2D eigenvalue weighted by Gasteiger charge is -2.60. The van der Waals surface area contributed by atoms with Crippen molar-refractivity contribution in [3.63, 3.8) is 0 Å². The number of fused-ring (bicyclic) bond motifs is 5. The zero-order valence-corrected chi connectivity index (χ0v) is 17.1. The number of aromatic nitrogens is 3. The van der Waals surface area contributed by atoms with Gasteiger partial charge in [-0.3, -0.25) is 4.79 Å². The minimum Gasteiger partial charge on any atom is -0.297 e. The second kappa shape index (κ2) is 6.42. The molecule has 0 N–H and O–H groups in total. The van der Waals surface area contributed by atoms with Crippen molar-refractivity contribution in [2.75, 3.05) is 0 Å². The molecule has 4 fully saturated rings. The highest BCUT2D eigenvalue weighted by atomic mass is 16.1. The zero-order valence-electron chi connectivity index (χ0n) is 17.1. The first kappa shape index (κ1) is 17.9. The summed E-state index contributed by atoms with van der Waals surface area (Å²) in [6.07, 6.45) is 16.9. The van der Waals surface area contributed by atoms with Gasteiger partial charge in [0.15, 0.2) is 5.78 Å². The number of ketones is 1. The SMILES string of the molecule is C[C@]12CCCC[C@H]1CC[C@@H]1[C@@H]2CC[C@]2(C)[C@@H](C(=O)Cn3cncn3)CC[C@@H]12. The van der Waals surface area contributed by atoms with Gasteiger partial charge in [-0.15, -0.1) is 0 Å².